The van der Waals surface area contributed by atoms with Gasteiger partial charge in [-0.05, 0) is 67.4 Å². The molecule has 0 atom stereocenters. The number of carbonyl (C=O) groups is 2. The van der Waals surface area contributed by atoms with Crippen molar-refractivity contribution in [2.75, 3.05) is 16.0 Å². The lowest BCUT2D eigenvalue weighted by Crippen LogP contribution is -2.19. The molecule has 182 valence electrons. The third-order valence-electron chi connectivity index (χ3n) is 6.01. The summed E-state index contributed by atoms with van der Waals surface area (Å²) < 4.78 is 16.7. The number of urea groups is 1. The van der Waals surface area contributed by atoms with Crippen LogP contribution >= 0.6 is 0 Å². The van der Waals surface area contributed by atoms with Gasteiger partial charge in [0.25, 0.3) is 5.91 Å². The normalized spacial score (nSPS) is 12.8. The second-order valence-corrected chi connectivity index (χ2v) is 8.57. The number of nitrogens with zero attached hydrogens (tertiary/aromatic N) is 3. The third kappa shape index (κ3) is 5.25. The van der Waals surface area contributed by atoms with E-state index in [2.05, 4.69) is 26.1 Å². The molecule has 3 amide bonds. The molecule has 0 saturated heterocycles. The van der Waals surface area contributed by atoms with Gasteiger partial charge in [0.2, 0.25) is 0 Å². The predicted molar refractivity (Wildman–Crippen MR) is 136 cm³/mol. The average Bonchev–Trinajstić information content (AvgIpc) is 3.13. The van der Waals surface area contributed by atoms with Crippen molar-refractivity contribution in [3.05, 3.63) is 90.0 Å². The predicted octanol–water partition coefficient (Wildman–Crippen LogP) is 5.71. The Kier molecular flexibility index (Phi) is 6.70. The molecule has 36 heavy (non-hydrogen) atoms. The maximum Gasteiger partial charge on any atom is 0.323 e. The first-order chi connectivity index (χ1) is 17.6. The second-order valence-electron chi connectivity index (χ2n) is 8.57. The van der Waals surface area contributed by atoms with Gasteiger partial charge in [0.1, 0.15) is 11.6 Å². The molecule has 0 saturated carbocycles. The minimum Gasteiger partial charge on any atom is -0.322 e. The summed E-state index contributed by atoms with van der Waals surface area (Å²) in [7, 11) is 0. The largest absolute Gasteiger partial charge is 0.323 e. The molecule has 0 spiro atoms. The Hall–Kier alpha value is -4.53. The molecule has 3 aromatic carbocycles. The summed E-state index contributed by atoms with van der Waals surface area (Å²) in [6, 6.07) is 19.6. The summed E-state index contributed by atoms with van der Waals surface area (Å²) in [5.41, 5.74) is 2.36. The van der Waals surface area contributed by atoms with E-state index in [1.54, 1.807) is 42.5 Å². The Balaban J connectivity index is 1.26. The van der Waals surface area contributed by atoms with E-state index in [9.17, 15) is 14.0 Å². The molecule has 0 unspecified atom stereocenters. The molecule has 5 rings (SSSR count). The first-order valence-electron chi connectivity index (χ1n) is 11.8. The van der Waals surface area contributed by atoms with Gasteiger partial charge in [-0.3, -0.25) is 4.79 Å². The number of hydrogen-bond donors (Lipinski definition) is 3. The van der Waals surface area contributed by atoms with Gasteiger partial charge in [-0.2, -0.15) is 0 Å². The average molecular weight is 485 g/mol. The highest BCUT2D eigenvalue weighted by Gasteiger charge is 2.19. The number of hydrogen-bond acceptors (Lipinski definition) is 4. The van der Waals surface area contributed by atoms with E-state index in [-0.39, 0.29) is 11.9 Å². The number of rotatable bonds is 5. The summed E-state index contributed by atoms with van der Waals surface area (Å²) in [4.78, 5) is 25.0. The lowest BCUT2D eigenvalue weighted by atomic mass is 10.1. The summed E-state index contributed by atoms with van der Waals surface area (Å²) in [6.07, 6.45) is 3.97. The van der Waals surface area contributed by atoms with Crippen LogP contribution in [0.5, 0.6) is 0 Å². The molecule has 1 aliphatic heterocycles. The van der Waals surface area contributed by atoms with Crippen LogP contribution < -0.4 is 16.0 Å². The maximum absolute atomic E-state index is 14.7. The van der Waals surface area contributed by atoms with E-state index in [1.165, 1.54) is 12.1 Å². The molecular weight excluding hydrogens is 459 g/mol. The van der Waals surface area contributed by atoms with Crippen molar-refractivity contribution >= 4 is 29.0 Å². The van der Waals surface area contributed by atoms with Crippen molar-refractivity contribution in [3.63, 3.8) is 0 Å². The number of para-hydroxylation sites is 1. The fourth-order valence-corrected chi connectivity index (χ4v) is 4.18. The number of amides is 3. The standard InChI is InChI=1S/C27H25FN6O2/c28-23-15-14-21(17-22(23)25-33-32-24-9-5-2-6-16-34(24)25)29-26(35)18-10-12-20(13-11-18)31-27(36)30-19-7-3-1-4-8-19/h1,3-4,7-8,10-15,17H,2,5-6,9,16H2,(H,29,35)(H2,30,31,36). The van der Waals surface area contributed by atoms with Gasteiger partial charge in [0, 0.05) is 35.6 Å². The smallest absolute Gasteiger partial charge is 0.322 e. The zero-order valence-corrected chi connectivity index (χ0v) is 19.5. The Morgan fingerprint density at radius 1 is 0.778 bits per heavy atom. The SMILES string of the molecule is O=C(Nc1ccccc1)Nc1ccc(C(=O)Nc2ccc(F)c(-c3nnc4n3CCCCC4)c2)cc1. The van der Waals surface area contributed by atoms with Gasteiger partial charge in [-0.15, -0.1) is 10.2 Å². The van der Waals surface area contributed by atoms with E-state index in [1.807, 2.05) is 22.8 Å². The first kappa shape index (κ1) is 23.2. The molecule has 1 aromatic heterocycles. The van der Waals surface area contributed by atoms with Crippen LogP contribution in [0.4, 0.5) is 26.2 Å². The van der Waals surface area contributed by atoms with Gasteiger partial charge >= 0.3 is 6.03 Å². The lowest BCUT2D eigenvalue weighted by Gasteiger charge is -2.11. The molecule has 8 nitrogen and oxygen atoms in total. The van der Waals surface area contributed by atoms with Gasteiger partial charge in [0.15, 0.2) is 5.82 Å². The quantitative estimate of drug-likeness (QED) is 0.338. The molecule has 3 N–H and O–H groups in total. The number of anilines is 3. The molecule has 0 aliphatic carbocycles. The molecule has 1 aliphatic rings. The van der Waals surface area contributed by atoms with Crippen LogP contribution in [0, 0.1) is 5.82 Å². The monoisotopic (exact) mass is 484 g/mol. The number of nitrogens with one attached hydrogen (secondary N) is 3. The Morgan fingerprint density at radius 2 is 1.50 bits per heavy atom. The van der Waals surface area contributed by atoms with Gasteiger partial charge in [-0.1, -0.05) is 24.6 Å². The minimum absolute atomic E-state index is 0.303. The van der Waals surface area contributed by atoms with Crippen molar-refractivity contribution in [2.24, 2.45) is 0 Å². The maximum atomic E-state index is 14.7. The van der Waals surface area contributed by atoms with Crippen LogP contribution in [0.3, 0.4) is 0 Å². The highest BCUT2D eigenvalue weighted by molar-refractivity contribution is 6.05. The molecule has 4 aromatic rings. The highest BCUT2D eigenvalue weighted by atomic mass is 19.1. The van der Waals surface area contributed by atoms with E-state index < -0.39 is 5.82 Å². The number of aromatic nitrogens is 3. The fourth-order valence-electron chi connectivity index (χ4n) is 4.18. The zero-order valence-electron chi connectivity index (χ0n) is 19.5. The second kappa shape index (κ2) is 10.4. The molecule has 0 fully saturated rings. The molecule has 0 radical (unpaired) electrons. The summed E-state index contributed by atoms with van der Waals surface area (Å²) in [6.45, 7) is 0.747. The number of halogens is 1. The van der Waals surface area contributed by atoms with Crippen LogP contribution in [0.15, 0.2) is 72.8 Å². The number of benzene rings is 3. The van der Waals surface area contributed by atoms with Gasteiger partial charge in [0.05, 0.1) is 5.56 Å². The van der Waals surface area contributed by atoms with Crippen LogP contribution in [-0.2, 0) is 13.0 Å². The molecule has 2 heterocycles. The molecule has 0 bridgehead atoms. The zero-order chi connectivity index (χ0) is 24.9. The van der Waals surface area contributed by atoms with Gasteiger partial charge < -0.3 is 20.5 Å². The number of fused-ring (bicyclic) bond motifs is 1. The number of aryl methyl sites for hydroxylation is 1. The first-order valence-corrected chi connectivity index (χ1v) is 11.8. The van der Waals surface area contributed by atoms with Crippen LogP contribution in [0.25, 0.3) is 11.4 Å². The van der Waals surface area contributed by atoms with E-state index in [0.29, 0.717) is 34.0 Å². The van der Waals surface area contributed by atoms with E-state index >= 15 is 0 Å². The topological polar surface area (TPSA) is 101 Å². The van der Waals surface area contributed by atoms with Crippen LogP contribution in [0.2, 0.25) is 0 Å². The van der Waals surface area contributed by atoms with Crippen LogP contribution in [0.1, 0.15) is 35.4 Å². The van der Waals surface area contributed by atoms with Crippen molar-refractivity contribution < 1.29 is 14.0 Å². The lowest BCUT2D eigenvalue weighted by molar-refractivity contribution is 0.102. The Labute approximate surface area is 207 Å². The fraction of sp³-hybridized carbons (Fsp3) is 0.185. The summed E-state index contributed by atoms with van der Waals surface area (Å²) in [5, 5.41) is 16.7. The van der Waals surface area contributed by atoms with Crippen molar-refractivity contribution in [3.8, 4) is 11.4 Å². The molecular formula is C27H25FN6O2. The third-order valence-corrected chi connectivity index (χ3v) is 6.01. The van der Waals surface area contributed by atoms with Crippen LogP contribution in [-0.4, -0.2) is 26.7 Å². The highest BCUT2D eigenvalue weighted by Crippen LogP contribution is 2.28. The van der Waals surface area contributed by atoms with E-state index in [4.69, 9.17) is 0 Å². The Morgan fingerprint density at radius 3 is 2.28 bits per heavy atom. The van der Waals surface area contributed by atoms with Crippen molar-refractivity contribution in [1.82, 2.24) is 14.8 Å². The number of carbonyl (C=O) groups excluding carboxylic acids is 2. The van der Waals surface area contributed by atoms with Crippen molar-refractivity contribution in [1.29, 1.82) is 0 Å². The minimum atomic E-state index is -0.420. The van der Waals surface area contributed by atoms with Gasteiger partial charge in [-0.25, -0.2) is 9.18 Å². The Bertz CT molecular complexity index is 1390. The van der Waals surface area contributed by atoms with E-state index in [0.717, 1.165) is 38.1 Å². The summed E-state index contributed by atoms with van der Waals surface area (Å²) >= 11 is 0. The summed E-state index contributed by atoms with van der Waals surface area (Å²) in [5.74, 6) is 0.566. The van der Waals surface area contributed by atoms with Crippen molar-refractivity contribution in [2.45, 2.75) is 32.2 Å². The molecule has 9 heteroatoms.